The zero-order valence-corrected chi connectivity index (χ0v) is 27.9. The molecule has 3 rings (SSSR count). The van der Waals surface area contributed by atoms with Crippen molar-refractivity contribution >= 4 is 18.2 Å². The van der Waals surface area contributed by atoms with Gasteiger partial charge in [-0.1, -0.05) is 62.4 Å². The van der Waals surface area contributed by atoms with Crippen molar-refractivity contribution < 1.29 is 52.6 Å². The number of carboxylic acid groups (broad SMARTS) is 1. The molecule has 0 aliphatic carbocycles. The van der Waals surface area contributed by atoms with Crippen LogP contribution in [-0.4, -0.2) is 74.5 Å². The maximum atomic E-state index is 12.3. The number of benzene rings is 2. The van der Waals surface area contributed by atoms with Gasteiger partial charge in [0.1, 0.15) is 18.8 Å². The van der Waals surface area contributed by atoms with Crippen molar-refractivity contribution in [3.8, 4) is 5.75 Å². The van der Waals surface area contributed by atoms with Gasteiger partial charge in [0.15, 0.2) is 6.10 Å². The SMILES string of the molecule is COc1ccc(CO[C@H](C[C@@H]2CC(=CC(=O)O)[C@H](OC(C)=O)[C@](OC)(C(C)(C)C=CC=O)O2)[C@@H](C)OCOCc2ccccc2)cc1. The fraction of sp³-hybridized carbons (Fsp3) is 0.472. The summed E-state index contributed by atoms with van der Waals surface area (Å²) < 4.78 is 41.9. The van der Waals surface area contributed by atoms with Gasteiger partial charge in [0.2, 0.25) is 5.79 Å². The molecule has 0 saturated carbocycles. The van der Waals surface area contributed by atoms with Crippen LogP contribution < -0.4 is 4.74 Å². The molecule has 256 valence electrons. The Kier molecular flexibility index (Phi) is 14.3. The molecule has 5 atom stereocenters. The lowest BCUT2D eigenvalue weighted by Crippen LogP contribution is -2.63. The minimum atomic E-state index is -1.70. The van der Waals surface area contributed by atoms with Crippen LogP contribution in [0.25, 0.3) is 0 Å². The molecule has 1 heterocycles. The number of rotatable bonds is 18. The summed E-state index contributed by atoms with van der Waals surface area (Å²) in [6.07, 6.45) is 1.92. The lowest BCUT2D eigenvalue weighted by molar-refractivity contribution is -0.339. The average Bonchev–Trinajstić information content (AvgIpc) is 3.05. The Morgan fingerprint density at radius 2 is 1.72 bits per heavy atom. The van der Waals surface area contributed by atoms with Gasteiger partial charge in [-0.25, -0.2) is 4.79 Å². The van der Waals surface area contributed by atoms with Gasteiger partial charge in [0.25, 0.3) is 0 Å². The van der Waals surface area contributed by atoms with Crippen LogP contribution in [0.15, 0.2) is 78.4 Å². The monoisotopic (exact) mass is 654 g/mol. The lowest BCUT2D eigenvalue weighted by Gasteiger charge is -2.53. The molecule has 0 spiro atoms. The van der Waals surface area contributed by atoms with Crippen molar-refractivity contribution in [1.82, 2.24) is 0 Å². The molecule has 11 heteroatoms. The maximum absolute atomic E-state index is 12.3. The quantitative estimate of drug-likeness (QED) is 0.0727. The number of carbonyl (C=O) groups excluding carboxylic acids is 2. The number of carbonyl (C=O) groups is 3. The van der Waals surface area contributed by atoms with E-state index in [0.717, 1.165) is 23.0 Å². The van der Waals surface area contributed by atoms with Crippen LogP contribution >= 0.6 is 0 Å². The second kappa shape index (κ2) is 17.9. The summed E-state index contributed by atoms with van der Waals surface area (Å²) >= 11 is 0. The van der Waals surface area contributed by atoms with Gasteiger partial charge in [-0.3, -0.25) is 9.59 Å². The standard InChI is InChI=1S/C36H46O11/c1-25(45-24-43-22-27-11-8-7-9-12-27)32(44-23-28-13-15-30(41-5)16-14-28)21-31-19-29(20-33(39)40)34(46-26(2)38)36(42-6,47-31)35(3,4)17-10-18-37/h7-18,20,25,31-32,34H,19,21-24H2,1-6H3,(H,39,40)/t25-,31+,32-,34+,36-/m1/s1. The van der Waals surface area contributed by atoms with E-state index in [4.69, 9.17) is 33.2 Å². The molecular formula is C36H46O11. The number of aldehydes is 1. The van der Waals surface area contributed by atoms with E-state index in [1.54, 1.807) is 27.0 Å². The predicted molar refractivity (Wildman–Crippen MR) is 172 cm³/mol. The summed E-state index contributed by atoms with van der Waals surface area (Å²) in [4.78, 5) is 35.6. The largest absolute Gasteiger partial charge is 0.497 e. The normalized spacial score (nSPS) is 22.1. The molecular weight excluding hydrogens is 608 g/mol. The highest BCUT2D eigenvalue weighted by atomic mass is 16.7. The number of allylic oxidation sites excluding steroid dienone is 1. The highest BCUT2D eigenvalue weighted by Crippen LogP contribution is 2.48. The van der Waals surface area contributed by atoms with E-state index < -0.39 is 47.6 Å². The first-order chi connectivity index (χ1) is 22.4. The molecule has 1 aliphatic rings. The molecule has 2 aromatic rings. The van der Waals surface area contributed by atoms with Crippen LogP contribution in [0.3, 0.4) is 0 Å². The first-order valence-corrected chi connectivity index (χ1v) is 15.4. The van der Waals surface area contributed by atoms with E-state index in [0.29, 0.717) is 12.9 Å². The molecule has 47 heavy (non-hydrogen) atoms. The molecule has 11 nitrogen and oxygen atoms in total. The zero-order valence-electron chi connectivity index (χ0n) is 27.9. The van der Waals surface area contributed by atoms with E-state index in [-0.39, 0.29) is 31.8 Å². The third-order valence-electron chi connectivity index (χ3n) is 8.04. The molecule has 1 saturated heterocycles. The Morgan fingerprint density at radius 1 is 1.04 bits per heavy atom. The first kappa shape index (κ1) is 37.6. The predicted octanol–water partition coefficient (Wildman–Crippen LogP) is 5.41. The number of ether oxygens (including phenoxy) is 7. The molecule has 2 aromatic carbocycles. The summed E-state index contributed by atoms with van der Waals surface area (Å²) in [7, 11) is 2.99. The van der Waals surface area contributed by atoms with Gasteiger partial charge in [0.05, 0.1) is 38.6 Å². The fourth-order valence-corrected chi connectivity index (χ4v) is 5.59. The smallest absolute Gasteiger partial charge is 0.328 e. The number of hydrogen-bond acceptors (Lipinski definition) is 10. The van der Waals surface area contributed by atoms with Gasteiger partial charge in [-0.05, 0) is 48.3 Å². The van der Waals surface area contributed by atoms with E-state index in [9.17, 15) is 19.5 Å². The molecule has 0 bridgehead atoms. The molecule has 1 aliphatic heterocycles. The zero-order chi connectivity index (χ0) is 34.5. The van der Waals surface area contributed by atoms with Gasteiger partial charge >= 0.3 is 11.9 Å². The van der Waals surface area contributed by atoms with Crippen molar-refractivity contribution in [2.75, 3.05) is 21.0 Å². The van der Waals surface area contributed by atoms with Crippen LogP contribution in [0.4, 0.5) is 0 Å². The highest BCUT2D eigenvalue weighted by Gasteiger charge is 2.59. The van der Waals surface area contributed by atoms with E-state index >= 15 is 0 Å². The van der Waals surface area contributed by atoms with Crippen LogP contribution in [0.1, 0.15) is 51.7 Å². The highest BCUT2D eigenvalue weighted by molar-refractivity contribution is 5.81. The number of hydrogen-bond donors (Lipinski definition) is 1. The van der Waals surface area contributed by atoms with Crippen LogP contribution in [0.2, 0.25) is 0 Å². The van der Waals surface area contributed by atoms with Crippen molar-refractivity contribution in [1.29, 1.82) is 0 Å². The second-order valence-corrected chi connectivity index (χ2v) is 11.8. The molecule has 0 unspecified atom stereocenters. The van der Waals surface area contributed by atoms with Crippen LogP contribution in [0.5, 0.6) is 5.75 Å². The first-order valence-electron chi connectivity index (χ1n) is 15.4. The Balaban J connectivity index is 1.91. The topological polar surface area (TPSA) is 136 Å². The van der Waals surface area contributed by atoms with Gasteiger partial charge < -0.3 is 38.3 Å². The summed E-state index contributed by atoms with van der Waals surface area (Å²) in [5, 5.41) is 9.79. The Bertz CT molecular complexity index is 1350. The van der Waals surface area contributed by atoms with Crippen molar-refractivity contribution in [3.05, 3.63) is 89.5 Å². The number of carboxylic acids is 1. The molecule has 0 amide bonds. The van der Waals surface area contributed by atoms with Crippen LogP contribution in [0, 0.1) is 5.41 Å². The van der Waals surface area contributed by atoms with E-state index in [2.05, 4.69) is 0 Å². The third kappa shape index (κ3) is 10.6. The van der Waals surface area contributed by atoms with Gasteiger partial charge in [0, 0.05) is 31.9 Å². The Labute approximate surface area is 276 Å². The van der Waals surface area contributed by atoms with Crippen molar-refractivity contribution in [2.45, 2.75) is 84.0 Å². The third-order valence-corrected chi connectivity index (χ3v) is 8.04. The van der Waals surface area contributed by atoms with E-state index in [1.165, 1.54) is 20.1 Å². The summed E-state index contributed by atoms with van der Waals surface area (Å²) in [6.45, 7) is 7.22. The summed E-state index contributed by atoms with van der Waals surface area (Å²) in [5.74, 6) is -2.85. The minimum Gasteiger partial charge on any atom is -0.497 e. The fourth-order valence-electron chi connectivity index (χ4n) is 5.59. The Hall–Kier alpha value is -3.87. The Morgan fingerprint density at radius 3 is 2.32 bits per heavy atom. The minimum absolute atomic E-state index is 0.00814. The summed E-state index contributed by atoms with van der Waals surface area (Å²) in [5.41, 5.74) is 1.12. The maximum Gasteiger partial charge on any atom is 0.328 e. The molecule has 0 radical (unpaired) electrons. The number of esters is 1. The molecule has 1 N–H and O–H groups in total. The second-order valence-electron chi connectivity index (χ2n) is 11.8. The molecule has 1 fully saturated rings. The summed E-state index contributed by atoms with van der Waals surface area (Å²) in [6, 6.07) is 17.2. The lowest BCUT2D eigenvalue weighted by atomic mass is 9.74. The van der Waals surface area contributed by atoms with Crippen molar-refractivity contribution in [2.24, 2.45) is 5.41 Å². The van der Waals surface area contributed by atoms with Crippen molar-refractivity contribution in [3.63, 3.8) is 0 Å². The van der Waals surface area contributed by atoms with Gasteiger partial charge in [-0.2, -0.15) is 0 Å². The van der Waals surface area contributed by atoms with Gasteiger partial charge in [-0.15, -0.1) is 0 Å². The number of methoxy groups -OCH3 is 2. The number of aliphatic carboxylic acids is 1. The van der Waals surface area contributed by atoms with Crippen LogP contribution in [-0.2, 0) is 56.0 Å². The molecule has 0 aromatic heterocycles. The van der Waals surface area contributed by atoms with E-state index in [1.807, 2.05) is 61.5 Å². The average molecular weight is 655 g/mol.